The van der Waals surface area contributed by atoms with Gasteiger partial charge in [0.05, 0.1) is 17.2 Å². The summed E-state index contributed by atoms with van der Waals surface area (Å²) in [5, 5.41) is 2.84. The van der Waals surface area contributed by atoms with Gasteiger partial charge in [-0.25, -0.2) is 8.42 Å². The van der Waals surface area contributed by atoms with Crippen LogP contribution in [0.3, 0.4) is 0 Å². The second-order valence-electron chi connectivity index (χ2n) is 6.65. The Balaban J connectivity index is 1.69. The third-order valence-corrected chi connectivity index (χ3v) is 5.68. The predicted octanol–water partition coefficient (Wildman–Crippen LogP) is 4.23. The number of ether oxygens (including phenoxy) is 1. The highest BCUT2D eigenvalue weighted by molar-refractivity contribution is 7.92. The summed E-state index contributed by atoms with van der Waals surface area (Å²) < 4.78 is 33.0. The van der Waals surface area contributed by atoms with Crippen molar-refractivity contribution in [2.24, 2.45) is 0 Å². The largest absolute Gasteiger partial charge is 0.494 e. The van der Waals surface area contributed by atoms with Crippen LogP contribution in [0.15, 0.2) is 71.9 Å². The molecule has 8 heteroatoms. The van der Waals surface area contributed by atoms with E-state index in [2.05, 4.69) is 15.0 Å². The summed E-state index contributed by atoms with van der Waals surface area (Å²) in [6.07, 6.45) is 3.91. The summed E-state index contributed by atoms with van der Waals surface area (Å²) in [7, 11) is -3.76. The fourth-order valence-electron chi connectivity index (χ4n) is 2.70. The zero-order chi connectivity index (χ0) is 21.6. The average Bonchev–Trinajstić information content (AvgIpc) is 2.74. The zero-order valence-electron chi connectivity index (χ0n) is 16.8. The van der Waals surface area contributed by atoms with Crippen molar-refractivity contribution < 1.29 is 17.9 Å². The van der Waals surface area contributed by atoms with E-state index in [1.807, 2.05) is 19.9 Å². The normalized spacial score (nSPS) is 11.0. The lowest BCUT2D eigenvalue weighted by molar-refractivity contribution is 0.102. The first-order valence-electron chi connectivity index (χ1n) is 9.47. The number of hydrogen-bond donors (Lipinski definition) is 2. The highest BCUT2D eigenvalue weighted by atomic mass is 32.2. The molecule has 0 spiro atoms. The molecule has 0 fully saturated rings. The fraction of sp³-hybridized carbons (Fsp3) is 0.182. The number of rotatable bonds is 8. The second kappa shape index (κ2) is 9.41. The summed E-state index contributed by atoms with van der Waals surface area (Å²) in [6.45, 7) is 4.55. The van der Waals surface area contributed by atoms with Crippen molar-refractivity contribution in [3.63, 3.8) is 0 Å². The average molecular weight is 426 g/mol. The quantitative estimate of drug-likeness (QED) is 0.563. The Morgan fingerprint density at radius 2 is 1.73 bits per heavy atom. The number of carbonyl (C=O) groups is 1. The molecule has 0 aliphatic rings. The summed E-state index contributed by atoms with van der Waals surface area (Å²) in [5.41, 5.74) is 2.30. The minimum absolute atomic E-state index is 0.0597. The van der Waals surface area contributed by atoms with Crippen LogP contribution in [0.4, 0.5) is 11.4 Å². The molecule has 0 unspecified atom stereocenters. The fourth-order valence-corrected chi connectivity index (χ4v) is 3.76. The molecule has 2 N–H and O–H groups in total. The van der Waals surface area contributed by atoms with E-state index in [0.717, 1.165) is 17.7 Å². The molecule has 0 aliphatic carbocycles. The van der Waals surface area contributed by atoms with Gasteiger partial charge in [-0.15, -0.1) is 0 Å². The minimum atomic E-state index is -3.76. The van der Waals surface area contributed by atoms with Gasteiger partial charge in [-0.3, -0.25) is 14.5 Å². The van der Waals surface area contributed by atoms with Gasteiger partial charge in [0.15, 0.2) is 0 Å². The molecule has 0 atom stereocenters. The summed E-state index contributed by atoms with van der Waals surface area (Å²) >= 11 is 0. The van der Waals surface area contributed by atoms with E-state index >= 15 is 0 Å². The molecular formula is C22H23N3O4S. The van der Waals surface area contributed by atoms with E-state index in [1.54, 1.807) is 24.3 Å². The molecular weight excluding hydrogens is 402 g/mol. The molecule has 7 nitrogen and oxygen atoms in total. The molecule has 0 saturated carbocycles. The number of hydrogen-bond acceptors (Lipinski definition) is 5. The Bertz CT molecular complexity index is 1110. The van der Waals surface area contributed by atoms with E-state index in [9.17, 15) is 13.2 Å². The Morgan fingerprint density at radius 1 is 1.03 bits per heavy atom. The number of anilines is 2. The molecule has 0 aliphatic heterocycles. The summed E-state index contributed by atoms with van der Waals surface area (Å²) in [5.74, 6) is 0.426. The van der Waals surface area contributed by atoms with Crippen LogP contribution >= 0.6 is 0 Å². The molecule has 1 amide bonds. The van der Waals surface area contributed by atoms with E-state index in [-0.39, 0.29) is 10.8 Å². The molecule has 3 rings (SSSR count). The maximum atomic E-state index is 12.6. The summed E-state index contributed by atoms with van der Waals surface area (Å²) in [6, 6.07) is 14.3. The Hall–Kier alpha value is -3.39. The third kappa shape index (κ3) is 5.36. The van der Waals surface area contributed by atoms with Crippen LogP contribution in [-0.2, 0) is 10.0 Å². The van der Waals surface area contributed by atoms with Gasteiger partial charge >= 0.3 is 0 Å². The van der Waals surface area contributed by atoms with Crippen molar-refractivity contribution in [2.45, 2.75) is 25.2 Å². The number of aryl methyl sites for hydroxylation is 1. The predicted molar refractivity (Wildman–Crippen MR) is 116 cm³/mol. The molecule has 1 aromatic heterocycles. The van der Waals surface area contributed by atoms with Gasteiger partial charge in [-0.05, 0) is 73.5 Å². The number of nitrogens with one attached hydrogen (secondary N) is 2. The van der Waals surface area contributed by atoms with Gasteiger partial charge in [0, 0.05) is 23.6 Å². The maximum absolute atomic E-state index is 12.6. The van der Waals surface area contributed by atoms with Crippen LogP contribution in [0.2, 0.25) is 0 Å². The van der Waals surface area contributed by atoms with Crippen molar-refractivity contribution in [1.29, 1.82) is 0 Å². The lowest BCUT2D eigenvalue weighted by Gasteiger charge is -2.12. The van der Waals surface area contributed by atoms with E-state index in [1.165, 1.54) is 36.7 Å². The summed E-state index contributed by atoms with van der Waals surface area (Å²) in [4.78, 5) is 16.5. The van der Waals surface area contributed by atoms with Gasteiger partial charge in [0.25, 0.3) is 15.9 Å². The van der Waals surface area contributed by atoms with Crippen molar-refractivity contribution >= 4 is 27.3 Å². The van der Waals surface area contributed by atoms with Gasteiger partial charge < -0.3 is 10.1 Å². The minimum Gasteiger partial charge on any atom is -0.494 e. The maximum Gasteiger partial charge on any atom is 0.261 e. The number of nitrogens with zero attached hydrogens (tertiary/aromatic N) is 1. The number of sulfonamides is 1. The molecule has 30 heavy (non-hydrogen) atoms. The van der Waals surface area contributed by atoms with Crippen LogP contribution < -0.4 is 14.8 Å². The number of pyridine rings is 1. The van der Waals surface area contributed by atoms with Gasteiger partial charge in [0.1, 0.15) is 5.75 Å². The first kappa shape index (κ1) is 21.3. The lowest BCUT2D eigenvalue weighted by Crippen LogP contribution is -2.15. The highest BCUT2D eigenvalue weighted by Gasteiger charge is 2.15. The number of benzene rings is 2. The monoisotopic (exact) mass is 425 g/mol. The van der Waals surface area contributed by atoms with Gasteiger partial charge in [0.2, 0.25) is 0 Å². The number of aromatic nitrogens is 1. The SMILES string of the molecule is CCCOc1ccc(NC(=O)c2ccc(S(=O)(=O)Nc3ccncc3)cc2)c(C)c1. The molecule has 0 bridgehead atoms. The molecule has 0 radical (unpaired) electrons. The first-order valence-corrected chi connectivity index (χ1v) is 10.9. The molecule has 3 aromatic rings. The standard InChI is InChI=1S/C22H23N3O4S/c1-3-14-29-19-6-9-21(16(2)15-19)24-22(26)17-4-7-20(8-5-17)30(27,28)25-18-10-12-23-13-11-18/h4-13,15H,3,14H2,1-2H3,(H,23,25)(H,24,26). The molecule has 156 valence electrons. The molecule has 2 aromatic carbocycles. The van der Waals surface area contributed by atoms with Crippen molar-refractivity contribution in [3.05, 3.63) is 78.1 Å². The Morgan fingerprint density at radius 3 is 2.37 bits per heavy atom. The Kier molecular flexibility index (Phi) is 6.68. The van der Waals surface area contributed by atoms with E-state index in [0.29, 0.717) is 23.5 Å². The van der Waals surface area contributed by atoms with E-state index in [4.69, 9.17) is 4.74 Å². The van der Waals surface area contributed by atoms with Crippen LogP contribution in [-0.4, -0.2) is 25.9 Å². The third-order valence-electron chi connectivity index (χ3n) is 4.28. The topological polar surface area (TPSA) is 97.4 Å². The van der Waals surface area contributed by atoms with Gasteiger partial charge in [-0.2, -0.15) is 0 Å². The van der Waals surface area contributed by atoms with Crippen molar-refractivity contribution in [2.75, 3.05) is 16.6 Å². The van der Waals surface area contributed by atoms with Crippen LogP contribution in [0.25, 0.3) is 0 Å². The van der Waals surface area contributed by atoms with Crippen molar-refractivity contribution in [1.82, 2.24) is 4.98 Å². The second-order valence-corrected chi connectivity index (χ2v) is 8.33. The molecule has 1 heterocycles. The van der Waals surface area contributed by atoms with E-state index < -0.39 is 10.0 Å². The van der Waals surface area contributed by atoms with Crippen LogP contribution in [0, 0.1) is 6.92 Å². The molecule has 0 saturated heterocycles. The van der Waals surface area contributed by atoms with Crippen LogP contribution in [0.5, 0.6) is 5.75 Å². The van der Waals surface area contributed by atoms with Crippen molar-refractivity contribution in [3.8, 4) is 5.75 Å². The zero-order valence-corrected chi connectivity index (χ0v) is 17.6. The Labute approximate surface area is 176 Å². The van der Waals surface area contributed by atoms with Gasteiger partial charge in [-0.1, -0.05) is 6.92 Å². The first-order chi connectivity index (χ1) is 14.4. The number of carbonyl (C=O) groups excluding carboxylic acids is 1. The smallest absolute Gasteiger partial charge is 0.261 e. The van der Waals surface area contributed by atoms with Crippen LogP contribution in [0.1, 0.15) is 29.3 Å². The number of amides is 1. The highest BCUT2D eigenvalue weighted by Crippen LogP contribution is 2.23. The lowest BCUT2D eigenvalue weighted by atomic mass is 10.1.